The van der Waals surface area contributed by atoms with E-state index < -0.39 is 17.9 Å². The van der Waals surface area contributed by atoms with Crippen molar-refractivity contribution in [3.8, 4) is 17.0 Å². The van der Waals surface area contributed by atoms with Crippen LogP contribution in [0.3, 0.4) is 0 Å². The molecule has 4 aromatic rings. The van der Waals surface area contributed by atoms with Crippen LogP contribution < -0.4 is 10.1 Å². The highest BCUT2D eigenvalue weighted by Crippen LogP contribution is 2.21. The van der Waals surface area contributed by atoms with E-state index in [2.05, 4.69) is 10.3 Å². The van der Waals surface area contributed by atoms with Crippen molar-refractivity contribution in [1.82, 2.24) is 10.3 Å². The lowest BCUT2D eigenvalue weighted by Gasteiger charge is -2.15. The van der Waals surface area contributed by atoms with Crippen LogP contribution in [0.1, 0.15) is 21.5 Å². The number of carbonyl (C=O) groups excluding carboxylic acids is 1. The molecule has 0 fully saturated rings. The van der Waals surface area contributed by atoms with Crippen LogP contribution in [-0.4, -0.2) is 28.0 Å². The fraction of sp³-hybridized carbons (Fsp3) is 0.107. The summed E-state index contributed by atoms with van der Waals surface area (Å²) in [7, 11) is 0. The quantitative estimate of drug-likeness (QED) is 0.383. The van der Waals surface area contributed by atoms with E-state index in [1.807, 2.05) is 84.9 Å². The van der Waals surface area contributed by atoms with Crippen LogP contribution in [0.2, 0.25) is 0 Å². The number of nitrogens with zero attached hydrogens (tertiary/aromatic N) is 1. The van der Waals surface area contributed by atoms with Gasteiger partial charge in [-0.25, -0.2) is 4.79 Å². The fourth-order valence-electron chi connectivity index (χ4n) is 3.45. The van der Waals surface area contributed by atoms with Crippen LogP contribution in [0.5, 0.6) is 5.75 Å². The lowest BCUT2D eigenvalue weighted by molar-refractivity contribution is -0.139. The van der Waals surface area contributed by atoms with E-state index in [9.17, 15) is 14.7 Å². The van der Waals surface area contributed by atoms with E-state index in [4.69, 9.17) is 4.74 Å². The summed E-state index contributed by atoms with van der Waals surface area (Å²) in [5.41, 5.74) is 3.80. The molecule has 34 heavy (non-hydrogen) atoms. The lowest BCUT2D eigenvalue weighted by Crippen LogP contribution is -2.42. The van der Waals surface area contributed by atoms with Crippen LogP contribution in [0.4, 0.5) is 0 Å². The second-order valence-corrected chi connectivity index (χ2v) is 7.78. The summed E-state index contributed by atoms with van der Waals surface area (Å²) in [5, 5.41) is 12.1. The van der Waals surface area contributed by atoms with Gasteiger partial charge in [-0.05, 0) is 47.5 Å². The third-order valence-electron chi connectivity index (χ3n) is 5.31. The number of aromatic nitrogens is 1. The van der Waals surface area contributed by atoms with E-state index in [-0.39, 0.29) is 6.42 Å². The Kier molecular flexibility index (Phi) is 7.30. The Labute approximate surface area is 197 Å². The number of amides is 1. The largest absolute Gasteiger partial charge is 0.489 e. The molecule has 0 bridgehead atoms. The SMILES string of the molecule is O=C(NC(Cc1ccccc1)C(=O)O)c1ccc(-c2ccc(OCc3ccccc3)cc2)nc1. The number of rotatable bonds is 9. The Hall–Kier alpha value is -4.45. The van der Waals surface area contributed by atoms with Crippen LogP contribution >= 0.6 is 0 Å². The normalized spacial score (nSPS) is 11.4. The van der Waals surface area contributed by atoms with Gasteiger partial charge in [-0.1, -0.05) is 60.7 Å². The maximum Gasteiger partial charge on any atom is 0.326 e. The first-order valence-corrected chi connectivity index (χ1v) is 10.9. The zero-order valence-corrected chi connectivity index (χ0v) is 18.4. The Morgan fingerprint density at radius 1 is 0.824 bits per heavy atom. The van der Waals surface area contributed by atoms with Gasteiger partial charge in [0.2, 0.25) is 0 Å². The summed E-state index contributed by atoms with van der Waals surface area (Å²) in [4.78, 5) is 28.6. The number of pyridine rings is 1. The second-order valence-electron chi connectivity index (χ2n) is 7.78. The molecule has 2 N–H and O–H groups in total. The Bertz CT molecular complexity index is 1230. The van der Waals surface area contributed by atoms with Crippen LogP contribution in [-0.2, 0) is 17.8 Å². The minimum atomic E-state index is -1.09. The Balaban J connectivity index is 1.37. The molecule has 0 aliphatic rings. The highest BCUT2D eigenvalue weighted by molar-refractivity contribution is 5.96. The maximum atomic E-state index is 12.6. The van der Waals surface area contributed by atoms with Crippen molar-refractivity contribution in [2.45, 2.75) is 19.1 Å². The average Bonchev–Trinajstić information content (AvgIpc) is 2.88. The van der Waals surface area contributed by atoms with Gasteiger partial charge in [-0.3, -0.25) is 9.78 Å². The Morgan fingerprint density at radius 2 is 1.47 bits per heavy atom. The van der Waals surface area contributed by atoms with Gasteiger partial charge in [0.1, 0.15) is 18.4 Å². The number of aliphatic carboxylic acids is 1. The van der Waals surface area contributed by atoms with Gasteiger partial charge in [0.25, 0.3) is 5.91 Å². The minimum Gasteiger partial charge on any atom is -0.489 e. The number of carboxylic acid groups (broad SMARTS) is 1. The van der Waals surface area contributed by atoms with Crippen molar-refractivity contribution >= 4 is 11.9 Å². The first-order valence-electron chi connectivity index (χ1n) is 10.9. The molecule has 170 valence electrons. The highest BCUT2D eigenvalue weighted by Gasteiger charge is 2.21. The minimum absolute atomic E-state index is 0.201. The van der Waals surface area contributed by atoms with Crippen molar-refractivity contribution in [3.05, 3.63) is 120 Å². The van der Waals surface area contributed by atoms with Crippen molar-refractivity contribution in [2.75, 3.05) is 0 Å². The molecule has 0 aliphatic carbocycles. The van der Waals surface area contributed by atoms with Crippen LogP contribution in [0.15, 0.2) is 103 Å². The van der Waals surface area contributed by atoms with Gasteiger partial charge < -0.3 is 15.2 Å². The standard InChI is InChI=1S/C28H24N2O4/c31-27(30-26(28(32)33)17-20-7-3-1-4-8-20)23-13-16-25(29-18-23)22-11-14-24(15-12-22)34-19-21-9-5-2-6-10-21/h1-16,18,26H,17,19H2,(H,30,31)(H,32,33). The smallest absolute Gasteiger partial charge is 0.326 e. The number of carboxylic acids is 1. The Morgan fingerprint density at radius 3 is 2.06 bits per heavy atom. The van der Waals surface area contributed by atoms with Crippen LogP contribution in [0, 0.1) is 0 Å². The molecule has 0 saturated carbocycles. The molecule has 1 amide bonds. The second kappa shape index (κ2) is 10.9. The molecule has 1 heterocycles. The molecule has 0 saturated heterocycles. The summed E-state index contributed by atoms with van der Waals surface area (Å²) in [6.07, 6.45) is 1.65. The number of benzene rings is 3. The molecule has 1 atom stereocenters. The summed E-state index contributed by atoms with van der Waals surface area (Å²) < 4.78 is 5.81. The zero-order chi connectivity index (χ0) is 23.8. The lowest BCUT2D eigenvalue weighted by atomic mass is 10.1. The first kappa shape index (κ1) is 22.7. The number of hydrogen-bond acceptors (Lipinski definition) is 4. The van der Waals surface area contributed by atoms with E-state index in [0.29, 0.717) is 17.9 Å². The summed E-state index contributed by atoms with van der Waals surface area (Å²) in [5.74, 6) is -0.815. The molecule has 0 aliphatic heterocycles. The van der Waals surface area contributed by atoms with E-state index in [0.717, 1.165) is 22.4 Å². The molecular formula is C28H24N2O4. The van der Waals surface area contributed by atoms with Gasteiger partial charge in [-0.15, -0.1) is 0 Å². The molecule has 1 aromatic heterocycles. The van der Waals surface area contributed by atoms with E-state index in [1.165, 1.54) is 6.20 Å². The van der Waals surface area contributed by atoms with E-state index in [1.54, 1.807) is 12.1 Å². The summed E-state index contributed by atoms with van der Waals surface area (Å²) >= 11 is 0. The zero-order valence-electron chi connectivity index (χ0n) is 18.4. The third-order valence-corrected chi connectivity index (χ3v) is 5.31. The molecule has 6 nitrogen and oxygen atoms in total. The summed E-state index contributed by atoms with van der Waals surface area (Å²) in [6, 6.07) is 29.0. The molecule has 1 unspecified atom stereocenters. The summed E-state index contributed by atoms with van der Waals surface area (Å²) in [6.45, 7) is 0.490. The molecule has 0 spiro atoms. The first-order chi connectivity index (χ1) is 16.6. The molecular weight excluding hydrogens is 428 g/mol. The molecule has 3 aromatic carbocycles. The predicted octanol–water partition coefficient (Wildman–Crippen LogP) is 4.75. The average molecular weight is 453 g/mol. The molecule has 6 heteroatoms. The fourth-order valence-corrected chi connectivity index (χ4v) is 3.45. The molecule has 4 rings (SSSR count). The van der Waals surface area contributed by atoms with Gasteiger partial charge in [0, 0.05) is 18.2 Å². The highest BCUT2D eigenvalue weighted by atomic mass is 16.5. The van der Waals surface area contributed by atoms with Gasteiger partial charge in [0.05, 0.1) is 11.3 Å². The van der Waals surface area contributed by atoms with Gasteiger partial charge in [-0.2, -0.15) is 0 Å². The van der Waals surface area contributed by atoms with Crippen molar-refractivity contribution < 1.29 is 19.4 Å². The number of ether oxygens (including phenoxy) is 1. The van der Waals surface area contributed by atoms with Crippen molar-refractivity contribution in [1.29, 1.82) is 0 Å². The van der Waals surface area contributed by atoms with Crippen molar-refractivity contribution in [3.63, 3.8) is 0 Å². The monoisotopic (exact) mass is 452 g/mol. The number of nitrogens with one attached hydrogen (secondary N) is 1. The predicted molar refractivity (Wildman–Crippen MR) is 129 cm³/mol. The molecule has 0 radical (unpaired) electrons. The van der Waals surface area contributed by atoms with Gasteiger partial charge in [0.15, 0.2) is 0 Å². The van der Waals surface area contributed by atoms with Crippen molar-refractivity contribution in [2.24, 2.45) is 0 Å². The topological polar surface area (TPSA) is 88.5 Å². The van der Waals surface area contributed by atoms with Crippen LogP contribution in [0.25, 0.3) is 11.3 Å². The number of carbonyl (C=O) groups is 2. The number of hydrogen-bond donors (Lipinski definition) is 2. The maximum absolute atomic E-state index is 12.6. The third kappa shape index (κ3) is 6.07. The van der Waals surface area contributed by atoms with Gasteiger partial charge >= 0.3 is 5.97 Å². The van der Waals surface area contributed by atoms with E-state index >= 15 is 0 Å².